The van der Waals surface area contributed by atoms with Gasteiger partial charge in [0.05, 0.1) is 43.3 Å². The van der Waals surface area contributed by atoms with Crippen LogP contribution < -0.4 is 15.0 Å². The van der Waals surface area contributed by atoms with E-state index in [4.69, 9.17) is 9.47 Å². The fraction of sp³-hybridized carbons (Fsp3) is 0.640. The summed E-state index contributed by atoms with van der Waals surface area (Å²) < 4.78 is 76.9. The predicted molar refractivity (Wildman–Crippen MR) is 129 cm³/mol. The maximum Gasteiger partial charge on any atom is 0.425 e. The monoisotopic (exact) mass is 532 g/mol. The fourth-order valence-electron chi connectivity index (χ4n) is 4.17. The predicted octanol–water partition coefficient (Wildman–Crippen LogP) is 5.51. The molecule has 12 heteroatoms. The second kappa shape index (κ2) is 10.4. The van der Waals surface area contributed by atoms with Crippen LogP contribution in [-0.2, 0) is 4.74 Å². The molecular formula is C25H33F5N4O3. The van der Waals surface area contributed by atoms with Crippen LogP contribution in [0, 0.1) is 5.92 Å². The average molecular weight is 533 g/mol. The van der Waals surface area contributed by atoms with Crippen molar-refractivity contribution in [1.29, 1.82) is 0 Å². The molecule has 1 aliphatic carbocycles. The Kier molecular flexibility index (Phi) is 8.09. The molecule has 1 saturated heterocycles. The maximum atomic E-state index is 13.4. The highest BCUT2D eigenvalue weighted by atomic mass is 19.4. The Morgan fingerprint density at radius 2 is 1.92 bits per heavy atom. The molecule has 1 aromatic rings. The number of pyridine rings is 1. The number of nitrogens with zero attached hydrogens (tertiary/aromatic N) is 3. The Labute approximate surface area is 213 Å². The zero-order valence-corrected chi connectivity index (χ0v) is 21.8. The van der Waals surface area contributed by atoms with Crippen LogP contribution in [0.5, 0.6) is 5.75 Å². The van der Waals surface area contributed by atoms with Gasteiger partial charge < -0.3 is 19.7 Å². The second-order valence-corrected chi connectivity index (χ2v) is 9.80. The summed E-state index contributed by atoms with van der Waals surface area (Å²) in [5.74, 6) is -3.46. The van der Waals surface area contributed by atoms with Crippen molar-refractivity contribution in [2.45, 2.75) is 77.6 Å². The summed E-state index contributed by atoms with van der Waals surface area (Å²) >= 11 is 0. The van der Waals surface area contributed by atoms with Gasteiger partial charge in [-0.3, -0.25) is 4.79 Å². The molecule has 206 valence electrons. The number of ether oxygens (including phenoxy) is 2. The van der Waals surface area contributed by atoms with Crippen molar-refractivity contribution >= 4 is 17.5 Å². The molecule has 1 N–H and O–H groups in total. The van der Waals surface area contributed by atoms with Crippen LogP contribution in [0.4, 0.5) is 27.6 Å². The van der Waals surface area contributed by atoms with Crippen molar-refractivity contribution in [3.8, 4) is 5.75 Å². The molecule has 0 radical (unpaired) electrons. The first kappa shape index (κ1) is 28.6. The average Bonchev–Trinajstić information content (AvgIpc) is 3.65. The van der Waals surface area contributed by atoms with Crippen molar-refractivity contribution < 1.29 is 36.2 Å². The molecule has 1 saturated carbocycles. The topological polar surface area (TPSA) is 76.1 Å². The first-order chi connectivity index (χ1) is 17.1. The SMILES string of the molecule is CC/C(C)=C(/N=C(C)OC)C(C)(NC(=O)c1cc(O[C@@H](C)C(F)(F)F)c(N2CC(F)(F)C2)cn1)C1CC1. The number of aromatic nitrogens is 1. The van der Waals surface area contributed by atoms with Gasteiger partial charge in [0.1, 0.15) is 11.4 Å². The Bertz CT molecular complexity index is 1080. The van der Waals surface area contributed by atoms with E-state index in [1.807, 2.05) is 20.8 Å². The summed E-state index contributed by atoms with van der Waals surface area (Å²) in [5, 5.41) is 2.98. The minimum atomic E-state index is -4.69. The molecule has 37 heavy (non-hydrogen) atoms. The maximum absolute atomic E-state index is 13.4. The van der Waals surface area contributed by atoms with Gasteiger partial charge in [-0.05, 0) is 51.5 Å². The normalized spacial score (nSPS) is 20.8. The molecule has 2 fully saturated rings. The van der Waals surface area contributed by atoms with Gasteiger partial charge in [0, 0.05) is 13.0 Å². The van der Waals surface area contributed by atoms with Gasteiger partial charge >= 0.3 is 6.18 Å². The van der Waals surface area contributed by atoms with Gasteiger partial charge in [0.25, 0.3) is 11.8 Å². The van der Waals surface area contributed by atoms with Crippen LogP contribution >= 0.6 is 0 Å². The lowest BCUT2D eigenvalue weighted by molar-refractivity contribution is -0.189. The van der Waals surface area contributed by atoms with Gasteiger partial charge in [0.15, 0.2) is 12.0 Å². The Morgan fingerprint density at radius 1 is 1.30 bits per heavy atom. The molecule has 2 aliphatic rings. The highest BCUT2D eigenvalue weighted by molar-refractivity contribution is 5.94. The molecule has 3 rings (SSSR count). The van der Waals surface area contributed by atoms with Gasteiger partial charge in [-0.25, -0.2) is 18.8 Å². The van der Waals surface area contributed by atoms with Crippen LogP contribution in [0.1, 0.15) is 64.4 Å². The largest absolute Gasteiger partial charge is 0.484 e. The molecule has 1 aromatic heterocycles. The number of nitrogens with one attached hydrogen (secondary N) is 1. The lowest BCUT2D eigenvalue weighted by Gasteiger charge is -2.41. The number of hydrogen-bond acceptors (Lipinski definition) is 6. The van der Waals surface area contributed by atoms with Crippen LogP contribution in [0.2, 0.25) is 0 Å². The van der Waals surface area contributed by atoms with Gasteiger partial charge in [-0.15, -0.1) is 0 Å². The number of amides is 1. The highest BCUT2D eigenvalue weighted by Gasteiger charge is 2.48. The number of alkyl halides is 5. The van der Waals surface area contributed by atoms with E-state index in [2.05, 4.69) is 15.3 Å². The number of hydrogen-bond donors (Lipinski definition) is 1. The molecule has 1 unspecified atom stereocenters. The molecule has 1 aliphatic heterocycles. The molecular weight excluding hydrogens is 499 g/mol. The summed E-state index contributed by atoms with van der Waals surface area (Å²) in [6, 6.07) is 1.07. The van der Waals surface area contributed by atoms with E-state index in [0.717, 1.165) is 42.5 Å². The third-order valence-electron chi connectivity index (χ3n) is 6.79. The van der Waals surface area contributed by atoms with Gasteiger partial charge in [-0.2, -0.15) is 13.2 Å². The quantitative estimate of drug-likeness (QED) is 0.258. The number of allylic oxidation sites excluding steroid dienone is 1. The van der Waals surface area contributed by atoms with E-state index in [9.17, 15) is 26.7 Å². The first-order valence-corrected chi connectivity index (χ1v) is 12.1. The standard InChI is InChI=1S/C25H33F5N4O3/c1-7-14(2)21(32-16(4)36-6)23(5,17-8-9-17)33-22(35)18-10-20(37-15(3)25(28,29)30)19(11-31-18)34-12-24(26,27)13-34/h10-11,15,17H,7-9,12-13H2,1-6H3,(H,33,35)/b21-14+,32-16?/t15-,23?/m0/s1. The number of methoxy groups -OCH3 is 1. The van der Waals surface area contributed by atoms with E-state index in [-0.39, 0.29) is 23.0 Å². The van der Waals surface area contributed by atoms with Crippen LogP contribution in [0.25, 0.3) is 0 Å². The molecule has 1 amide bonds. The van der Waals surface area contributed by atoms with Gasteiger partial charge in [-0.1, -0.05) is 6.92 Å². The summed E-state index contributed by atoms with van der Waals surface area (Å²) in [6.45, 7) is 6.87. The second-order valence-electron chi connectivity index (χ2n) is 9.80. The van der Waals surface area contributed by atoms with E-state index in [0.29, 0.717) is 18.0 Å². The number of rotatable bonds is 9. The molecule has 2 heterocycles. The third kappa shape index (κ3) is 6.51. The number of aliphatic imine (C=N–C) groups is 1. The first-order valence-electron chi connectivity index (χ1n) is 12.1. The van der Waals surface area contributed by atoms with E-state index in [1.54, 1.807) is 6.92 Å². The summed E-state index contributed by atoms with van der Waals surface area (Å²) in [7, 11) is 1.49. The van der Waals surface area contributed by atoms with Crippen LogP contribution in [-0.4, -0.2) is 60.7 Å². The number of anilines is 1. The lowest BCUT2D eigenvalue weighted by atomic mass is 9.87. The Hall–Kier alpha value is -2.92. The molecule has 7 nitrogen and oxygen atoms in total. The zero-order valence-electron chi connectivity index (χ0n) is 21.8. The summed E-state index contributed by atoms with van der Waals surface area (Å²) in [4.78, 5) is 23.2. The van der Waals surface area contributed by atoms with Gasteiger partial charge in [0.2, 0.25) is 0 Å². The van der Waals surface area contributed by atoms with Crippen molar-refractivity contribution in [2.24, 2.45) is 10.9 Å². The van der Waals surface area contributed by atoms with E-state index in [1.165, 1.54) is 7.11 Å². The minimum absolute atomic E-state index is 0.0359. The lowest BCUT2D eigenvalue weighted by Crippen LogP contribution is -2.56. The number of halogens is 5. The van der Waals surface area contributed by atoms with Crippen molar-refractivity contribution in [3.05, 3.63) is 29.2 Å². The fourth-order valence-corrected chi connectivity index (χ4v) is 4.17. The summed E-state index contributed by atoms with van der Waals surface area (Å²) in [5.41, 5.74) is 0.458. The van der Waals surface area contributed by atoms with E-state index < -0.39 is 42.7 Å². The molecule has 0 spiro atoms. The Balaban J connectivity index is 1.97. The van der Waals surface area contributed by atoms with Crippen LogP contribution in [0.3, 0.4) is 0 Å². The highest BCUT2D eigenvalue weighted by Crippen LogP contribution is 2.45. The van der Waals surface area contributed by atoms with Crippen molar-refractivity contribution in [3.63, 3.8) is 0 Å². The van der Waals surface area contributed by atoms with E-state index >= 15 is 0 Å². The number of carbonyl (C=O) groups excluding carboxylic acids is 1. The number of carbonyl (C=O) groups is 1. The Morgan fingerprint density at radius 3 is 2.41 bits per heavy atom. The summed E-state index contributed by atoms with van der Waals surface area (Å²) in [6.07, 6.45) is -3.44. The molecule has 0 bridgehead atoms. The third-order valence-corrected chi connectivity index (χ3v) is 6.79. The molecule has 0 aromatic carbocycles. The molecule has 2 atom stereocenters. The van der Waals surface area contributed by atoms with Crippen molar-refractivity contribution in [2.75, 3.05) is 25.1 Å². The van der Waals surface area contributed by atoms with Crippen molar-refractivity contribution in [1.82, 2.24) is 10.3 Å². The minimum Gasteiger partial charge on any atom is -0.484 e. The zero-order chi connectivity index (χ0) is 27.8. The smallest absolute Gasteiger partial charge is 0.425 e. The van der Waals surface area contributed by atoms with Crippen LogP contribution in [0.15, 0.2) is 28.5 Å².